The summed E-state index contributed by atoms with van der Waals surface area (Å²) >= 11 is 0. The second-order valence-electron chi connectivity index (χ2n) is 4.04. The molecule has 6 heteroatoms. The van der Waals surface area contributed by atoms with Gasteiger partial charge in [-0.1, -0.05) is 18.9 Å². The lowest BCUT2D eigenvalue weighted by atomic mass is 10.4. The van der Waals surface area contributed by atoms with Crippen LogP contribution in [0.5, 0.6) is 0 Å². The second-order valence-corrected chi connectivity index (χ2v) is 4.04. The summed E-state index contributed by atoms with van der Waals surface area (Å²) in [6.07, 6.45) is 0. The molecule has 0 saturated carbocycles. The third kappa shape index (κ3) is 4.59. The quantitative estimate of drug-likeness (QED) is 0.726. The number of rotatable bonds is 7. The lowest BCUT2D eigenvalue weighted by molar-refractivity contribution is 0.189. The topological polar surface area (TPSA) is 72.2 Å². The van der Waals surface area contributed by atoms with Gasteiger partial charge in [-0.15, -0.1) is 5.10 Å². The lowest BCUT2D eigenvalue weighted by Crippen LogP contribution is -2.22. The molecule has 0 aliphatic heterocycles. The monoisotopic (exact) mass is 228 g/mol. The first-order chi connectivity index (χ1) is 7.61. The van der Waals surface area contributed by atoms with Gasteiger partial charge in [0.2, 0.25) is 5.89 Å². The maximum absolute atomic E-state index is 5.40. The van der Waals surface area contributed by atoms with Gasteiger partial charge in [-0.25, -0.2) is 0 Å². The van der Waals surface area contributed by atoms with E-state index in [1.165, 1.54) is 0 Å². The van der Waals surface area contributed by atoms with Gasteiger partial charge in [0.05, 0.1) is 19.2 Å². The van der Waals surface area contributed by atoms with Crippen molar-refractivity contribution in [1.29, 1.82) is 0 Å². The van der Waals surface area contributed by atoms with E-state index in [9.17, 15) is 0 Å². The molecule has 1 atom stereocenters. The average Bonchev–Trinajstić information content (AvgIpc) is 2.63. The van der Waals surface area contributed by atoms with Crippen molar-refractivity contribution in [2.45, 2.75) is 39.4 Å². The molecule has 2 N–H and O–H groups in total. The van der Waals surface area contributed by atoms with Gasteiger partial charge in [-0.05, 0) is 6.92 Å². The largest absolute Gasteiger partial charge is 0.407 e. The molecule has 6 nitrogen and oxygen atoms in total. The predicted octanol–water partition coefficient (Wildman–Crippen LogP) is 1.01. The number of anilines is 1. The highest BCUT2D eigenvalue weighted by Gasteiger charge is 2.08. The van der Waals surface area contributed by atoms with E-state index in [0.29, 0.717) is 31.1 Å². The van der Waals surface area contributed by atoms with Gasteiger partial charge in [0.15, 0.2) is 0 Å². The van der Waals surface area contributed by atoms with Crippen LogP contribution in [-0.2, 0) is 11.3 Å². The number of ether oxygens (including phenoxy) is 1. The van der Waals surface area contributed by atoms with Crippen molar-refractivity contribution in [3.63, 3.8) is 0 Å². The Morgan fingerprint density at radius 2 is 2.06 bits per heavy atom. The number of nitrogens with one attached hydrogen (secondary N) is 2. The van der Waals surface area contributed by atoms with Gasteiger partial charge in [0.1, 0.15) is 0 Å². The van der Waals surface area contributed by atoms with Gasteiger partial charge in [0.25, 0.3) is 0 Å². The van der Waals surface area contributed by atoms with E-state index in [0.717, 1.165) is 0 Å². The highest BCUT2D eigenvalue weighted by atomic mass is 16.5. The molecule has 1 aromatic heterocycles. The van der Waals surface area contributed by atoms with Crippen LogP contribution in [0.2, 0.25) is 0 Å². The van der Waals surface area contributed by atoms with Gasteiger partial charge in [0, 0.05) is 13.2 Å². The maximum atomic E-state index is 5.40. The van der Waals surface area contributed by atoms with Crippen molar-refractivity contribution in [3.05, 3.63) is 5.89 Å². The highest BCUT2D eigenvalue weighted by molar-refractivity contribution is 5.18. The van der Waals surface area contributed by atoms with Gasteiger partial charge < -0.3 is 19.8 Å². The first-order valence-corrected chi connectivity index (χ1v) is 5.43. The Bertz CT molecular complexity index is 301. The zero-order valence-electron chi connectivity index (χ0n) is 10.3. The number of nitrogens with zero attached hydrogens (tertiary/aromatic N) is 2. The Balaban J connectivity index is 2.39. The molecule has 0 radical (unpaired) electrons. The van der Waals surface area contributed by atoms with Crippen molar-refractivity contribution >= 4 is 6.01 Å². The van der Waals surface area contributed by atoms with Crippen molar-refractivity contribution in [2.75, 3.05) is 19.0 Å². The molecule has 0 spiro atoms. The molecule has 0 bridgehead atoms. The molecule has 0 saturated heterocycles. The Morgan fingerprint density at radius 1 is 1.31 bits per heavy atom. The Kier molecular flexibility index (Phi) is 5.21. The molecule has 16 heavy (non-hydrogen) atoms. The zero-order valence-corrected chi connectivity index (χ0v) is 10.3. The van der Waals surface area contributed by atoms with E-state index in [-0.39, 0.29) is 6.04 Å². The fourth-order valence-corrected chi connectivity index (χ4v) is 1.18. The van der Waals surface area contributed by atoms with Crippen molar-refractivity contribution < 1.29 is 9.15 Å². The highest BCUT2D eigenvalue weighted by Crippen LogP contribution is 2.06. The summed E-state index contributed by atoms with van der Waals surface area (Å²) in [6.45, 7) is 7.30. The first-order valence-electron chi connectivity index (χ1n) is 5.43. The number of methoxy groups -OCH3 is 1. The van der Waals surface area contributed by atoms with Crippen molar-refractivity contribution in [2.24, 2.45) is 0 Å². The van der Waals surface area contributed by atoms with Crippen LogP contribution < -0.4 is 10.6 Å². The summed E-state index contributed by atoms with van der Waals surface area (Å²) in [5.41, 5.74) is 0. The fraction of sp³-hybridized carbons (Fsp3) is 0.800. The summed E-state index contributed by atoms with van der Waals surface area (Å²) in [7, 11) is 1.66. The minimum Gasteiger partial charge on any atom is -0.407 e. The lowest BCUT2D eigenvalue weighted by Gasteiger charge is -2.09. The molecular weight excluding hydrogens is 208 g/mol. The van der Waals surface area contributed by atoms with Crippen LogP contribution in [0.1, 0.15) is 26.7 Å². The molecule has 1 rings (SSSR count). The fourth-order valence-electron chi connectivity index (χ4n) is 1.18. The standard InChI is InChI=1S/C10H20N4O2/c1-7(2)11-5-9-13-14-10(16-9)12-8(3)6-15-4/h7-8,11H,5-6H2,1-4H3,(H,12,14). The number of aromatic nitrogens is 2. The van der Waals surface area contributed by atoms with Crippen LogP contribution in [0, 0.1) is 0 Å². The van der Waals surface area contributed by atoms with Crippen molar-refractivity contribution in [1.82, 2.24) is 15.5 Å². The van der Waals surface area contributed by atoms with E-state index in [1.54, 1.807) is 7.11 Å². The van der Waals surface area contributed by atoms with E-state index < -0.39 is 0 Å². The molecule has 1 heterocycles. The average molecular weight is 228 g/mol. The maximum Gasteiger partial charge on any atom is 0.315 e. The molecular formula is C10H20N4O2. The van der Waals surface area contributed by atoms with Gasteiger partial charge in [-0.3, -0.25) is 0 Å². The van der Waals surface area contributed by atoms with E-state index in [2.05, 4.69) is 34.7 Å². The summed E-state index contributed by atoms with van der Waals surface area (Å²) in [5, 5.41) is 14.1. The SMILES string of the molecule is COCC(C)Nc1nnc(CNC(C)C)o1. The molecule has 0 amide bonds. The molecule has 0 fully saturated rings. The number of hydrogen-bond acceptors (Lipinski definition) is 6. The van der Waals surface area contributed by atoms with Crippen LogP contribution in [0.15, 0.2) is 4.42 Å². The van der Waals surface area contributed by atoms with E-state index in [1.807, 2.05) is 6.92 Å². The summed E-state index contributed by atoms with van der Waals surface area (Å²) < 4.78 is 10.4. The molecule has 1 unspecified atom stereocenters. The normalized spacial score (nSPS) is 13.1. The summed E-state index contributed by atoms with van der Waals surface area (Å²) in [5.74, 6) is 0.584. The Morgan fingerprint density at radius 3 is 2.69 bits per heavy atom. The molecule has 92 valence electrons. The van der Waals surface area contributed by atoms with Crippen LogP contribution >= 0.6 is 0 Å². The predicted molar refractivity (Wildman–Crippen MR) is 61.2 cm³/mol. The first kappa shape index (κ1) is 12.9. The minimum absolute atomic E-state index is 0.149. The smallest absolute Gasteiger partial charge is 0.315 e. The zero-order chi connectivity index (χ0) is 12.0. The Labute approximate surface area is 95.8 Å². The molecule has 1 aromatic rings. The third-order valence-electron chi connectivity index (χ3n) is 1.91. The summed E-state index contributed by atoms with van der Waals surface area (Å²) in [6, 6.07) is 0.984. The van der Waals surface area contributed by atoms with Crippen molar-refractivity contribution in [3.8, 4) is 0 Å². The van der Waals surface area contributed by atoms with E-state index >= 15 is 0 Å². The van der Waals surface area contributed by atoms with Gasteiger partial charge in [-0.2, -0.15) is 0 Å². The number of hydrogen-bond donors (Lipinski definition) is 2. The van der Waals surface area contributed by atoms with Crippen LogP contribution in [-0.4, -0.2) is 36.0 Å². The third-order valence-corrected chi connectivity index (χ3v) is 1.91. The molecule has 0 aliphatic rings. The van der Waals surface area contributed by atoms with Crippen LogP contribution in [0.4, 0.5) is 6.01 Å². The second kappa shape index (κ2) is 6.44. The van der Waals surface area contributed by atoms with Crippen LogP contribution in [0.3, 0.4) is 0 Å². The van der Waals surface area contributed by atoms with Gasteiger partial charge >= 0.3 is 6.01 Å². The van der Waals surface area contributed by atoms with E-state index in [4.69, 9.17) is 9.15 Å². The Hall–Kier alpha value is -1.14. The summed E-state index contributed by atoms with van der Waals surface area (Å²) in [4.78, 5) is 0. The molecule has 0 aliphatic carbocycles. The van der Waals surface area contributed by atoms with Crippen LogP contribution in [0.25, 0.3) is 0 Å². The minimum atomic E-state index is 0.149. The molecule has 0 aromatic carbocycles.